The molecular weight excluding hydrogens is 354 g/mol. The first-order chi connectivity index (χ1) is 12.3. The Bertz CT molecular complexity index is 950. The molecular formula is C19H19NO5S. The van der Waals surface area contributed by atoms with Crippen molar-refractivity contribution in [3.8, 4) is 0 Å². The minimum absolute atomic E-state index is 0.220. The van der Waals surface area contributed by atoms with Crippen molar-refractivity contribution in [1.29, 1.82) is 0 Å². The highest BCUT2D eigenvalue weighted by Crippen LogP contribution is 2.22. The molecule has 1 amide bonds. The molecule has 7 heteroatoms. The van der Waals surface area contributed by atoms with Crippen molar-refractivity contribution in [1.82, 2.24) is 5.32 Å². The Kier molecular flexibility index (Phi) is 4.82. The molecule has 0 spiro atoms. The SMILES string of the molecule is CC(NC(=O)C1Cc2ccccc2C(=O)O1)c1ccc(S(C)(=O)=O)cc1. The Morgan fingerprint density at radius 3 is 2.46 bits per heavy atom. The minimum atomic E-state index is -3.26. The number of sulfone groups is 1. The zero-order chi connectivity index (χ0) is 18.9. The average Bonchev–Trinajstić information content (AvgIpc) is 2.61. The van der Waals surface area contributed by atoms with Gasteiger partial charge < -0.3 is 10.1 Å². The normalized spacial score (nSPS) is 17.8. The van der Waals surface area contributed by atoms with E-state index in [2.05, 4.69) is 5.32 Å². The second-order valence-corrected chi connectivity index (χ2v) is 8.34. The maximum Gasteiger partial charge on any atom is 0.339 e. The van der Waals surface area contributed by atoms with E-state index in [0.29, 0.717) is 12.0 Å². The number of carbonyl (C=O) groups is 2. The molecule has 2 unspecified atom stereocenters. The van der Waals surface area contributed by atoms with Crippen LogP contribution < -0.4 is 5.32 Å². The average molecular weight is 373 g/mol. The van der Waals surface area contributed by atoms with Gasteiger partial charge in [-0.05, 0) is 36.2 Å². The lowest BCUT2D eigenvalue weighted by Gasteiger charge is -2.25. The molecule has 0 aromatic heterocycles. The number of benzene rings is 2. The number of esters is 1. The summed E-state index contributed by atoms with van der Waals surface area (Å²) in [6.45, 7) is 1.78. The zero-order valence-corrected chi connectivity index (χ0v) is 15.2. The number of fused-ring (bicyclic) bond motifs is 1. The molecule has 3 rings (SSSR count). The molecule has 0 saturated heterocycles. The Labute approximate surface area is 152 Å². The first kappa shape index (κ1) is 18.1. The van der Waals surface area contributed by atoms with Gasteiger partial charge in [-0.3, -0.25) is 4.79 Å². The van der Waals surface area contributed by atoms with Crippen LogP contribution in [0.2, 0.25) is 0 Å². The predicted molar refractivity (Wildman–Crippen MR) is 95.5 cm³/mol. The maximum absolute atomic E-state index is 12.5. The van der Waals surface area contributed by atoms with Crippen LogP contribution >= 0.6 is 0 Å². The van der Waals surface area contributed by atoms with Gasteiger partial charge in [-0.2, -0.15) is 0 Å². The molecule has 26 heavy (non-hydrogen) atoms. The van der Waals surface area contributed by atoms with Crippen LogP contribution in [0.1, 0.15) is 34.5 Å². The highest BCUT2D eigenvalue weighted by atomic mass is 32.2. The quantitative estimate of drug-likeness (QED) is 0.829. The zero-order valence-electron chi connectivity index (χ0n) is 14.4. The second kappa shape index (κ2) is 6.92. The van der Waals surface area contributed by atoms with E-state index < -0.39 is 21.9 Å². The van der Waals surface area contributed by atoms with Crippen molar-refractivity contribution in [2.75, 3.05) is 6.26 Å². The fraction of sp³-hybridized carbons (Fsp3) is 0.263. The molecule has 6 nitrogen and oxygen atoms in total. The topological polar surface area (TPSA) is 89.5 Å². The van der Waals surface area contributed by atoms with Gasteiger partial charge >= 0.3 is 5.97 Å². The van der Waals surface area contributed by atoms with Gasteiger partial charge in [-0.25, -0.2) is 13.2 Å². The van der Waals surface area contributed by atoms with Gasteiger partial charge in [0, 0.05) is 12.7 Å². The van der Waals surface area contributed by atoms with Crippen molar-refractivity contribution in [3.63, 3.8) is 0 Å². The largest absolute Gasteiger partial charge is 0.448 e. The summed E-state index contributed by atoms with van der Waals surface area (Å²) in [6, 6.07) is 13.0. The van der Waals surface area contributed by atoms with E-state index in [1.54, 1.807) is 31.2 Å². The Morgan fingerprint density at radius 1 is 1.15 bits per heavy atom. The van der Waals surface area contributed by atoms with E-state index in [1.165, 1.54) is 12.1 Å². The molecule has 136 valence electrons. The van der Waals surface area contributed by atoms with Gasteiger partial charge in [0.1, 0.15) is 0 Å². The fourth-order valence-electron chi connectivity index (χ4n) is 2.87. The van der Waals surface area contributed by atoms with E-state index in [-0.39, 0.29) is 16.8 Å². The van der Waals surface area contributed by atoms with E-state index in [0.717, 1.165) is 17.4 Å². The number of ether oxygens (including phenoxy) is 1. The van der Waals surface area contributed by atoms with Crippen LogP contribution in [-0.2, 0) is 25.8 Å². The number of rotatable bonds is 4. The number of hydrogen-bond acceptors (Lipinski definition) is 5. The third-order valence-electron chi connectivity index (χ3n) is 4.35. The van der Waals surface area contributed by atoms with Crippen molar-refractivity contribution in [2.45, 2.75) is 30.4 Å². The van der Waals surface area contributed by atoms with Crippen LogP contribution in [0.3, 0.4) is 0 Å². The van der Waals surface area contributed by atoms with Crippen molar-refractivity contribution >= 4 is 21.7 Å². The molecule has 0 radical (unpaired) electrons. The van der Waals surface area contributed by atoms with E-state index >= 15 is 0 Å². The standard InChI is InChI=1S/C19H19NO5S/c1-12(13-7-9-15(10-8-13)26(2,23)24)20-18(21)17-11-14-5-3-4-6-16(14)19(22)25-17/h3-10,12,17H,11H2,1-2H3,(H,20,21). The molecule has 2 atom stereocenters. The lowest BCUT2D eigenvalue weighted by atomic mass is 9.98. The molecule has 0 aliphatic carbocycles. The molecule has 0 saturated carbocycles. The number of carbonyl (C=O) groups excluding carboxylic acids is 2. The summed E-state index contributed by atoms with van der Waals surface area (Å²) in [5, 5.41) is 2.81. The van der Waals surface area contributed by atoms with Gasteiger partial charge in [0.15, 0.2) is 15.9 Å². The minimum Gasteiger partial charge on any atom is -0.448 e. The van der Waals surface area contributed by atoms with Crippen LogP contribution in [0.5, 0.6) is 0 Å². The van der Waals surface area contributed by atoms with E-state index in [1.807, 2.05) is 12.1 Å². The third kappa shape index (κ3) is 3.77. The molecule has 2 aromatic rings. The molecule has 1 N–H and O–H groups in total. The van der Waals surface area contributed by atoms with Gasteiger partial charge in [0.2, 0.25) is 0 Å². The Balaban J connectivity index is 1.69. The smallest absolute Gasteiger partial charge is 0.339 e. The van der Waals surface area contributed by atoms with Crippen LogP contribution in [0.15, 0.2) is 53.4 Å². The van der Waals surface area contributed by atoms with Gasteiger partial charge in [0.25, 0.3) is 5.91 Å². The summed E-state index contributed by atoms with van der Waals surface area (Å²) in [5.41, 5.74) is 2.03. The first-order valence-corrected chi connectivity index (χ1v) is 10.0. The van der Waals surface area contributed by atoms with Crippen LogP contribution in [0.25, 0.3) is 0 Å². The fourth-order valence-corrected chi connectivity index (χ4v) is 3.50. The van der Waals surface area contributed by atoms with Gasteiger partial charge in [-0.1, -0.05) is 30.3 Å². The summed E-state index contributed by atoms with van der Waals surface area (Å²) < 4.78 is 28.3. The third-order valence-corrected chi connectivity index (χ3v) is 5.48. The Morgan fingerprint density at radius 2 is 1.81 bits per heavy atom. The predicted octanol–water partition coefficient (Wildman–Crippen LogP) is 2.05. The van der Waals surface area contributed by atoms with Crippen LogP contribution in [-0.4, -0.2) is 32.7 Å². The molecule has 1 heterocycles. The second-order valence-electron chi connectivity index (χ2n) is 6.33. The number of amides is 1. The molecule has 1 aliphatic heterocycles. The van der Waals surface area contributed by atoms with E-state index in [4.69, 9.17) is 4.74 Å². The molecule has 0 bridgehead atoms. The first-order valence-electron chi connectivity index (χ1n) is 8.15. The van der Waals surface area contributed by atoms with E-state index in [9.17, 15) is 18.0 Å². The number of nitrogens with one attached hydrogen (secondary N) is 1. The lowest BCUT2D eigenvalue weighted by Crippen LogP contribution is -2.42. The number of cyclic esters (lactones) is 1. The van der Waals surface area contributed by atoms with Crippen molar-refractivity contribution in [2.24, 2.45) is 0 Å². The van der Waals surface area contributed by atoms with Crippen molar-refractivity contribution < 1.29 is 22.7 Å². The van der Waals surface area contributed by atoms with Gasteiger partial charge in [-0.15, -0.1) is 0 Å². The molecule has 2 aromatic carbocycles. The number of hydrogen-bond donors (Lipinski definition) is 1. The summed E-state index contributed by atoms with van der Waals surface area (Å²) in [5.74, 6) is -0.885. The molecule has 1 aliphatic rings. The lowest BCUT2D eigenvalue weighted by molar-refractivity contribution is -0.131. The molecule has 0 fully saturated rings. The monoisotopic (exact) mass is 373 g/mol. The maximum atomic E-state index is 12.5. The summed E-state index contributed by atoms with van der Waals surface area (Å²) in [4.78, 5) is 24.7. The summed E-state index contributed by atoms with van der Waals surface area (Å²) in [6.07, 6.45) is 0.589. The highest BCUT2D eigenvalue weighted by molar-refractivity contribution is 7.90. The highest BCUT2D eigenvalue weighted by Gasteiger charge is 2.31. The summed E-state index contributed by atoms with van der Waals surface area (Å²) >= 11 is 0. The van der Waals surface area contributed by atoms with Gasteiger partial charge in [0.05, 0.1) is 16.5 Å². The Hall–Kier alpha value is -2.67. The van der Waals surface area contributed by atoms with Crippen LogP contribution in [0.4, 0.5) is 0 Å². The summed E-state index contributed by atoms with van der Waals surface area (Å²) in [7, 11) is -3.26. The van der Waals surface area contributed by atoms with Crippen molar-refractivity contribution in [3.05, 3.63) is 65.2 Å². The van der Waals surface area contributed by atoms with Crippen LogP contribution in [0, 0.1) is 0 Å².